The Morgan fingerprint density at radius 3 is 2.36 bits per heavy atom. The fraction of sp³-hybridized carbons (Fsp3) is 0.500. The molecule has 2 rings (SSSR count). The number of carboxylic acids is 1. The van der Waals surface area contributed by atoms with Crippen LogP contribution in [-0.2, 0) is 15.0 Å². The van der Waals surface area contributed by atoms with Crippen LogP contribution in [0.2, 0.25) is 0 Å². The summed E-state index contributed by atoms with van der Waals surface area (Å²) in [5, 5.41) is 9.29. The van der Waals surface area contributed by atoms with E-state index in [-0.39, 0.29) is 11.4 Å². The molecule has 0 saturated heterocycles. The van der Waals surface area contributed by atoms with E-state index in [4.69, 9.17) is 4.74 Å². The van der Waals surface area contributed by atoms with Crippen molar-refractivity contribution in [3.8, 4) is 5.75 Å². The quantitative estimate of drug-likeness (QED) is 0.314. The van der Waals surface area contributed by atoms with Crippen LogP contribution in [0.5, 0.6) is 5.75 Å². The first-order valence-electron chi connectivity index (χ1n) is 10.3. The normalized spacial score (nSPS) is 19.8. The third-order valence-electron chi connectivity index (χ3n) is 5.74. The van der Waals surface area contributed by atoms with Crippen LogP contribution in [0.1, 0.15) is 71.3 Å². The molecule has 2 atom stereocenters. The topological polar surface area (TPSA) is 63.6 Å². The molecule has 1 aliphatic rings. The number of benzene rings is 1. The lowest BCUT2D eigenvalue weighted by atomic mass is 9.65. The number of unbranched alkanes of at least 4 members (excludes halogenated alkanes) is 4. The van der Waals surface area contributed by atoms with E-state index in [2.05, 4.69) is 19.9 Å². The molecule has 4 nitrogen and oxygen atoms in total. The summed E-state index contributed by atoms with van der Waals surface area (Å²) < 4.78 is 5.15. The van der Waals surface area contributed by atoms with E-state index in [0.717, 1.165) is 12.0 Å². The van der Waals surface area contributed by atoms with Gasteiger partial charge in [-0.05, 0) is 36.5 Å². The SMILES string of the molecule is CCCCCCCC(C)[C@@]1(c2ccc(OC(C)=O)cc2)C=CC(C(=O)O)=CC1. The Morgan fingerprint density at radius 2 is 1.82 bits per heavy atom. The Balaban J connectivity index is 2.21. The van der Waals surface area contributed by atoms with Crippen molar-refractivity contribution < 1.29 is 19.4 Å². The van der Waals surface area contributed by atoms with Gasteiger partial charge < -0.3 is 9.84 Å². The number of carbonyl (C=O) groups is 2. The zero-order valence-electron chi connectivity index (χ0n) is 17.2. The number of ether oxygens (including phenoxy) is 1. The molecule has 28 heavy (non-hydrogen) atoms. The molecule has 0 bridgehead atoms. The fourth-order valence-corrected chi connectivity index (χ4v) is 3.99. The summed E-state index contributed by atoms with van der Waals surface area (Å²) in [7, 11) is 0. The van der Waals surface area contributed by atoms with Crippen LogP contribution in [0.15, 0.2) is 48.1 Å². The van der Waals surface area contributed by atoms with Gasteiger partial charge in [0.1, 0.15) is 5.75 Å². The molecule has 1 aromatic carbocycles. The summed E-state index contributed by atoms with van der Waals surface area (Å²) in [5.74, 6) is -0.325. The zero-order chi connectivity index (χ0) is 20.6. The highest BCUT2D eigenvalue weighted by Crippen LogP contribution is 2.43. The Kier molecular flexibility index (Phi) is 8.04. The number of aliphatic carboxylic acids is 1. The summed E-state index contributed by atoms with van der Waals surface area (Å²) in [6.45, 7) is 5.86. The van der Waals surface area contributed by atoms with Crippen molar-refractivity contribution in [2.24, 2.45) is 5.92 Å². The second-order valence-electron chi connectivity index (χ2n) is 7.76. The second kappa shape index (κ2) is 10.3. The maximum Gasteiger partial charge on any atom is 0.335 e. The average Bonchev–Trinajstić information content (AvgIpc) is 2.67. The van der Waals surface area contributed by atoms with Crippen LogP contribution >= 0.6 is 0 Å². The van der Waals surface area contributed by atoms with Crippen molar-refractivity contribution in [1.82, 2.24) is 0 Å². The van der Waals surface area contributed by atoms with Crippen molar-refractivity contribution in [1.29, 1.82) is 0 Å². The lowest BCUT2D eigenvalue weighted by molar-refractivity contribution is -0.133. The standard InChI is InChI=1S/C24H32O4/c1-4-5-6-7-8-9-18(2)24(16-14-20(15-17-24)23(26)27)21-10-12-22(13-11-21)28-19(3)25/h10-16,18H,4-9,17H2,1-3H3,(H,26,27)/t18?,24-/m1/s1. The molecule has 0 fully saturated rings. The lowest BCUT2D eigenvalue weighted by Gasteiger charge is -2.39. The molecule has 0 radical (unpaired) electrons. The predicted molar refractivity (Wildman–Crippen MR) is 111 cm³/mol. The highest BCUT2D eigenvalue weighted by molar-refractivity contribution is 5.90. The summed E-state index contributed by atoms with van der Waals surface area (Å²) in [5.41, 5.74) is 1.24. The molecule has 1 aromatic rings. The highest BCUT2D eigenvalue weighted by Gasteiger charge is 2.36. The van der Waals surface area contributed by atoms with Crippen molar-refractivity contribution in [2.45, 2.75) is 71.1 Å². The number of rotatable bonds is 10. The number of allylic oxidation sites excluding steroid dienone is 2. The third kappa shape index (κ3) is 5.57. The molecule has 0 spiro atoms. The first kappa shape index (κ1) is 21.9. The molecule has 1 N–H and O–H groups in total. The van der Waals surface area contributed by atoms with Crippen LogP contribution in [0.3, 0.4) is 0 Å². The van der Waals surface area contributed by atoms with Crippen molar-refractivity contribution >= 4 is 11.9 Å². The van der Waals surface area contributed by atoms with E-state index >= 15 is 0 Å². The van der Waals surface area contributed by atoms with Crippen LogP contribution < -0.4 is 4.74 Å². The molecular formula is C24H32O4. The number of carbonyl (C=O) groups excluding carboxylic acids is 1. The highest BCUT2D eigenvalue weighted by atomic mass is 16.5. The van der Waals surface area contributed by atoms with Gasteiger partial charge in [0.05, 0.1) is 5.57 Å². The van der Waals surface area contributed by atoms with Gasteiger partial charge in [-0.2, -0.15) is 0 Å². The smallest absolute Gasteiger partial charge is 0.335 e. The summed E-state index contributed by atoms with van der Waals surface area (Å²) in [6, 6.07) is 7.62. The van der Waals surface area contributed by atoms with Crippen LogP contribution in [0, 0.1) is 5.92 Å². The first-order chi connectivity index (χ1) is 13.4. The average molecular weight is 385 g/mol. The maximum absolute atomic E-state index is 11.3. The van der Waals surface area contributed by atoms with E-state index < -0.39 is 5.97 Å². The van der Waals surface area contributed by atoms with E-state index in [9.17, 15) is 14.7 Å². The maximum atomic E-state index is 11.3. The van der Waals surface area contributed by atoms with Gasteiger partial charge in [-0.3, -0.25) is 4.79 Å². The number of esters is 1. The molecule has 0 saturated carbocycles. The Bertz CT molecular complexity index is 729. The summed E-state index contributed by atoms with van der Waals surface area (Å²) in [6.07, 6.45) is 13.6. The summed E-state index contributed by atoms with van der Waals surface area (Å²) >= 11 is 0. The van der Waals surface area contributed by atoms with Gasteiger partial charge in [0.15, 0.2) is 0 Å². The van der Waals surface area contributed by atoms with Gasteiger partial charge in [0.25, 0.3) is 0 Å². The van der Waals surface area contributed by atoms with Gasteiger partial charge in [0.2, 0.25) is 0 Å². The minimum Gasteiger partial charge on any atom is -0.478 e. The van der Waals surface area contributed by atoms with Crippen molar-refractivity contribution in [3.05, 3.63) is 53.6 Å². The molecule has 0 heterocycles. The minimum absolute atomic E-state index is 0.238. The molecule has 0 aromatic heterocycles. The second-order valence-corrected chi connectivity index (χ2v) is 7.76. The monoisotopic (exact) mass is 384 g/mol. The number of hydrogen-bond acceptors (Lipinski definition) is 3. The number of hydrogen-bond donors (Lipinski definition) is 1. The zero-order valence-corrected chi connectivity index (χ0v) is 17.2. The van der Waals surface area contributed by atoms with Gasteiger partial charge in [-0.25, -0.2) is 4.79 Å². The Hall–Kier alpha value is -2.36. The molecule has 152 valence electrons. The van der Waals surface area contributed by atoms with Crippen LogP contribution in [-0.4, -0.2) is 17.0 Å². The number of carboxylic acid groups (broad SMARTS) is 1. The van der Waals surface area contributed by atoms with E-state index in [1.807, 2.05) is 30.3 Å². The first-order valence-corrected chi connectivity index (χ1v) is 10.3. The fourth-order valence-electron chi connectivity index (χ4n) is 3.99. The molecule has 0 amide bonds. The molecular weight excluding hydrogens is 352 g/mol. The Morgan fingerprint density at radius 1 is 1.14 bits per heavy atom. The molecule has 0 aliphatic heterocycles. The van der Waals surface area contributed by atoms with E-state index in [1.165, 1.54) is 39.0 Å². The molecule has 1 aliphatic carbocycles. The van der Waals surface area contributed by atoms with Crippen molar-refractivity contribution in [3.63, 3.8) is 0 Å². The van der Waals surface area contributed by atoms with E-state index in [0.29, 0.717) is 23.7 Å². The van der Waals surface area contributed by atoms with Gasteiger partial charge in [0, 0.05) is 12.3 Å². The summed E-state index contributed by atoms with van der Waals surface area (Å²) in [4.78, 5) is 22.5. The van der Waals surface area contributed by atoms with Gasteiger partial charge in [-0.1, -0.05) is 76.3 Å². The van der Waals surface area contributed by atoms with Gasteiger partial charge in [-0.15, -0.1) is 0 Å². The van der Waals surface area contributed by atoms with Crippen LogP contribution in [0.25, 0.3) is 0 Å². The Labute approximate surface area is 168 Å². The van der Waals surface area contributed by atoms with Gasteiger partial charge >= 0.3 is 11.9 Å². The van der Waals surface area contributed by atoms with Crippen molar-refractivity contribution in [2.75, 3.05) is 0 Å². The lowest BCUT2D eigenvalue weighted by Crippen LogP contribution is -2.33. The van der Waals surface area contributed by atoms with E-state index in [1.54, 1.807) is 6.08 Å². The molecule has 1 unspecified atom stereocenters. The van der Waals surface area contributed by atoms with Crippen LogP contribution in [0.4, 0.5) is 0 Å². The predicted octanol–water partition coefficient (Wildman–Crippen LogP) is 5.82. The molecule has 4 heteroatoms. The minimum atomic E-state index is -0.887. The largest absolute Gasteiger partial charge is 0.478 e. The third-order valence-corrected chi connectivity index (χ3v) is 5.74.